The maximum atomic E-state index is 13.3. The number of rotatable bonds is 17. The van der Waals surface area contributed by atoms with Crippen LogP contribution < -0.4 is 33.2 Å². The molecule has 0 bridgehead atoms. The van der Waals surface area contributed by atoms with Crippen LogP contribution in [0.15, 0.2) is 35.3 Å². The Bertz CT molecular complexity index is 941. The summed E-state index contributed by atoms with van der Waals surface area (Å²) in [7, 11) is 0. The van der Waals surface area contributed by atoms with Gasteiger partial charge in [-0.25, -0.2) is 4.79 Å². The molecule has 0 spiro atoms. The summed E-state index contributed by atoms with van der Waals surface area (Å²) >= 11 is 1.48. The highest BCUT2D eigenvalue weighted by atomic mass is 32.2. The number of aliphatic carboxylic acids is 1. The molecule has 0 aliphatic carbocycles. The van der Waals surface area contributed by atoms with E-state index in [0.29, 0.717) is 12.2 Å². The molecule has 3 amide bonds. The van der Waals surface area contributed by atoms with Gasteiger partial charge in [0.2, 0.25) is 17.7 Å². The summed E-state index contributed by atoms with van der Waals surface area (Å²) in [6, 6.07) is 5.13. The Morgan fingerprint density at radius 1 is 0.921 bits per heavy atom. The van der Waals surface area contributed by atoms with Crippen molar-refractivity contribution >= 4 is 41.4 Å². The monoisotopic (exact) mass is 551 g/mol. The van der Waals surface area contributed by atoms with Crippen LogP contribution in [0.25, 0.3) is 0 Å². The SMILES string of the molecule is CSCCC(NC(=O)C(Cc1ccccc1)NC(=O)C(N)C(C)C)C(=O)NC(CCCN=C(N)N)C(=O)O. The topological polar surface area (TPSA) is 215 Å². The largest absolute Gasteiger partial charge is 0.480 e. The van der Waals surface area contributed by atoms with Crippen LogP contribution in [0.2, 0.25) is 0 Å². The maximum absolute atomic E-state index is 13.3. The Morgan fingerprint density at radius 2 is 1.50 bits per heavy atom. The van der Waals surface area contributed by atoms with Crippen LogP contribution in [0, 0.1) is 5.92 Å². The lowest BCUT2D eigenvalue weighted by molar-refractivity contribution is -0.142. The van der Waals surface area contributed by atoms with Gasteiger partial charge in [0.1, 0.15) is 18.1 Å². The number of hydrogen-bond donors (Lipinski definition) is 7. The lowest BCUT2D eigenvalue weighted by atomic mass is 10.0. The van der Waals surface area contributed by atoms with Crippen molar-refractivity contribution in [3.05, 3.63) is 35.9 Å². The number of carbonyl (C=O) groups is 4. The molecular formula is C25H41N7O5S. The van der Waals surface area contributed by atoms with Gasteiger partial charge in [0.25, 0.3) is 0 Å². The van der Waals surface area contributed by atoms with Gasteiger partial charge in [0.05, 0.1) is 6.04 Å². The highest BCUT2D eigenvalue weighted by molar-refractivity contribution is 7.98. The zero-order valence-corrected chi connectivity index (χ0v) is 23.0. The molecule has 1 rings (SSSR count). The second-order valence-electron chi connectivity index (χ2n) is 9.21. The minimum atomic E-state index is -1.21. The first kappa shape index (κ1) is 32.7. The van der Waals surface area contributed by atoms with Crippen molar-refractivity contribution in [3.8, 4) is 0 Å². The highest BCUT2D eigenvalue weighted by Gasteiger charge is 2.30. The van der Waals surface area contributed by atoms with Crippen LogP contribution in [-0.2, 0) is 25.6 Å². The zero-order valence-electron chi connectivity index (χ0n) is 22.2. The van der Waals surface area contributed by atoms with Crippen molar-refractivity contribution in [1.82, 2.24) is 16.0 Å². The van der Waals surface area contributed by atoms with E-state index in [1.54, 1.807) is 13.8 Å². The molecule has 38 heavy (non-hydrogen) atoms. The number of nitrogens with one attached hydrogen (secondary N) is 3. The molecule has 212 valence electrons. The van der Waals surface area contributed by atoms with Gasteiger partial charge in [-0.15, -0.1) is 0 Å². The summed E-state index contributed by atoms with van der Waals surface area (Å²) in [4.78, 5) is 54.6. The van der Waals surface area contributed by atoms with Crippen LogP contribution in [-0.4, -0.2) is 77.5 Å². The molecule has 1 aromatic rings. The van der Waals surface area contributed by atoms with Gasteiger partial charge in [0.15, 0.2) is 5.96 Å². The molecular weight excluding hydrogens is 510 g/mol. The lowest BCUT2D eigenvalue weighted by Gasteiger charge is -2.26. The van der Waals surface area contributed by atoms with Crippen LogP contribution >= 0.6 is 11.8 Å². The number of nitrogens with zero attached hydrogens (tertiary/aromatic N) is 1. The first-order valence-electron chi connectivity index (χ1n) is 12.4. The predicted octanol–water partition coefficient (Wildman–Crippen LogP) is -0.442. The van der Waals surface area contributed by atoms with Gasteiger partial charge in [-0.2, -0.15) is 11.8 Å². The van der Waals surface area contributed by atoms with Crippen LogP contribution in [0.5, 0.6) is 0 Å². The number of carboxylic acid groups (broad SMARTS) is 1. The van der Waals surface area contributed by atoms with Gasteiger partial charge >= 0.3 is 5.97 Å². The lowest BCUT2D eigenvalue weighted by Crippen LogP contribution is -2.58. The molecule has 0 fully saturated rings. The Kier molecular flexibility index (Phi) is 14.8. The molecule has 0 saturated carbocycles. The Hall–Kier alpha value is -3.32. The molecule has 12 nitrogen and oxygen atoms in total. The molecule has 0 aliphatic rings. The molecule has 0 radical (unpaired) electrons. The smallest absolute Gasteiger partial charge is 0.326 e. The fourth-order valence-electron chi connectivity index (χ4n) is 3.44. The number of amides is 3. The Morgan fingerprint density at radius 3 is 2.05 bits per heavy atom. The van der Waals surface area contributed by atoms with Gasteiger partial charge in [-0.05, 0) is 42.8 Å². The van der Waals surface area contributed by atoms with E-state index >= 15 is 0 Å². The van der Waals surface area contributed by atoms with Gasteiger partial charge in [-0.3, -0.25) is 19.4 Å². The van der Waals surface area contributed by atoms with Crippen molar-refractivity contribution in [2.75, 3.05) is 18.6 Å². The van der Waals surface area contributed by atoms with E-state index in [4.69, 9.17) is 17.2 Å². The Labute approximate surface area is 227 Å². The van der Waals surface area contributed by atoms with E-state index in [1.165, 1.54) is 11.8 Å². The van der Waals surface area contributed by atoms with Gasteiger partial charge in [-0.1, -0.05) is 44.2 Å². The number of nitrogens with two attached hydrogens (primary N) is 3. The highest BCUT2D eigenvalue weighted by Crippen LogP contribution is 2.08. The zero-order chi connectivity index (χ0) is 28.7. The number of thioether (sulfide) groups is 1. The molecule has 0 aromatic heterocycles. The fourth-order valence-corrected chi connectivity index (χ4v) is 3.91. The average Bonchev–Trinajstić information content (AvgIpc) is 2.87. The van der Waals surface area contributed by atoms with Crippen molar-refractivity contribution < 1.29 is 24.3 Å². The maximum Gasteiger partial charge on any atom is 0.326 e. The minimum absolute atomic E-state index is 0.0980. The molecule has 4 atom stereocenters. The summed E-state index contributed by atoms with van der Waals surface area (Å²) < 4.78 is 0. The minimum Gasteiger partial charge on any atom is -0.480 e. The second kappa shape index (κ2) is 17.2. The van der Waals surface area contributed by atoms with E-state index in [0.717, 1.165) is 5.56 Å². The third kappa shape index (κ3) is 12.3. The molecule has 1 aromatic carbocycles. The third-order valence-corrected chi connectivity index (χ3v) is 6.38. The van der Waals surface area contributed by atoms with E-state index in [1.807, 2.05) is 36.6 Å². The van der Waals surface area contributed by atoms with E-state index in [2.05, 4.69) is 20.9 Å². The van der Waals surface area contributed by atoms with Crippen LogP contribution in [0.1, 0.15) is 38.7 Å². The van der Waals surface area contributed by atoms with Crippen LogP contribution in [0.4, 0.5) is 0 Å². The summed E-state index contributed by atoms with van der Waals surface area (Å²) in [5.74, 6) is -2.61. The molecule has 4 unspecified atom stereocenters. The normalized spacial score (nSPS) is 14.0. The van der Waals surface area contributed by atoms with E-state index < -0.39 is 47.9 Å². The van der Waals surface area contributed by atoms with E-state index in [-0.39, 0.29) is 37.7 Å². The van der Waals surface area contributed by atoms with Crippen molar-refractivity contribution in [2.45, 2.75) is 63.7 Å². The van der Waals surface area contributed by atoms with Gasteiger partial charge in [0, 0.05) is 13.0 Å². The van der Waals surface area contributed by atoms with Crippen LogP contribution in [0.3, 0.4) is 0 Å². The number of benzene rings is 1. The molecule has 0 saturated heterocycles. The average molecular weight is 552 g/mol. The second-order valence-corrected chi connectivity index (χ2v) is 10.2. The first-order valence-corrected chi connectivity index (χ1v) is 13.8. The molecule has 13 heteroatoms. The molecule has 0 aliphatic heterocycles. The Balaban J connectivity index is 3.03. The predicted molar refractivity (Wildman–Crippen MR) is 149 cm³/mol. The molecule has 0 heterocycles. The van der Waals surface area contributed by atoms with Crippen molar-refractivity contribution in [1.29, 1.82) is 0 Å². The number of carboxylic acids is 1. The standard InChI is InChI=1S/C25H41N7O5S/c1-15(2)20(26)23(35)32-19(14-16-8-5-4-6-9-16)22(34)30-17(11-13-38-3)21(33)31-18(24(36)37)10-7-12-29-25(27)28/h4-6,8-9,15,17-20H,7,10-14,26H2,1-3H3,(H,30,34)(H,31,33)(H,32,35)(H,36,37)(H4,27,28,29). The molecule has 10 N–H and O–H groups in total. The number of aliphatic imine (C=N–C) groups is 1. The third-order valence-electron chi connectivity index (χ3n) is 5.74. The summed E-state index contributed by atoms with van der Waals surface area (Å²) in [5.41, 5.74) is 17.4. The summed E-state index contributed by atoms with van der Waals surface area (Å²) in [6.07, 6.45) is 2.73. The number of carbonyl (C=O) groups excluding carboxylic acids is 3. The van der Waals surface area contributed by atoms with Crippen molar-refractivity contribution in [3.63, 3.8) is 0 Å². The fraction of sp³-hybridized carbons (Fsp3) is 0.560. The van der Waals surface area contributed by atoms with Crippen molar-refractivity contribution in [2.24, 2.45) is 28.1 Å². The quantitative estimate of drug-likeness (QED) is 0.0757. The summed E-state index contributed by atoms with van der Waals surface area (Å²) in [5, 5.41) is 17.5. The number of guanidine groups is 1. The van der Waals surface area contributed by atoms with Gasteiger partial charge < -0.3 is 38.3 Å². The van der Waals surface area contributed by atoms with E-state index in [9.17, 15) is 24.3 Å². The summed E-state index contributed by atoms with van der Waals surface area (Å²) in [6.45, 7) is 3.82. The first-order chi connectivity index (χ1) is 18.0. The number of hydrogen-bond acceptors (Lipinski definition) is 7.